The molecule has 150 valence electrons. The number of benzene rings is 1. The summed E-state index contributed by atoms with van der Waals surface area (Å²) in [4.78, 5) is 4.27. The Morgan fingerprint density at radius 3 is 2.45 bits per heavy atom. The van der Waals surface area contributed by atoms with Crippen molar-refractivity contribution >= 4 is 10.0 Å². The number of sulfonamides is 1. The molecule has 8 nitrogen and oxygen atoms in total. The fourth-order valence-electron chi connectivity index (χ4n) is 2.93. The molecule has 9 heteroatoms. The number of hydrogen-bond acceptors (Lipinski definition) is 7. The van der Waals surface area contributed by atoms with Crippen molar-refractivity contribution in [2.24, 2.45) is 0 Å². The van der Waals surface area contributed by atoms with Crippen LogP contribution in [0.3, 0.4) is 0 Å². The number of nitrogens with zero attached hydrogens (tertiary/aromatic N) is 1. The molecule has 0 amide bonds. The molecule has 29 heavy (non-hydrogen) atoms. The van der Waals surface area contributed by atoms with E-state index < -0.39 is 15.6 Å². The zero-order valence-electron chi connectivity index (χ0n) is 15.4. The Labute approximate surface area is 166 Å². The van der Waals surface area contributed by atoms with Gasteiger partial charge in [0.2, 0.25) is 10.0 Å². The van der Waals surface area contributed by atoms with Crippen molar-refractivity contribution in [3.63, 3.8) is 0 Å². The van der Waals surface area contributed by atoms with E-state index in [0.717, 1.165) is 5.56 Å². The SMILES string of the molecule is Cc1nc(-c2ccc(S(=O)(=O)NC[C@@](O)(c3ccoc3)c3ccco3)cc2)co1. The number of aryl methyl sites for hydroxylation is 1. The van der Waals surface area contributed by atoms with E-state index in [1.54, 1.807) is 37.3 Å². The first-order valence-corrected chi connectivity index (χ1v) is 10.2. The summed E-state index contributed by atoms with van der Waals surface area (Å²) in [7, 11) is -3.90. The van der Waals surface area contributed by atoms with Crippen molar-refractivity contribution < 1.29 is 26.8 Å². The molecule has 0 unspecified atom stereocenters. The number of aliphatic hydroxyl groups is 1. The van der Waals surface area contributed by atoms with Crippen LogP contribution in [0.5, 0.6) is 0 Å². The Kier molecular flexibility index (Phi) is 4.87. The van der Waals surface area contributed by atoms with Crippen LogP contribution in [-0.2, 0) is 15.6 Å². The first-order chi connectivity index (χ1) is 13.9. The van der Waals surface area contributed by atoms with Crippen molar-refractivity contribution in [1.29, 1.82) is 0 Å². The number of oxazole rings is 1. The maximum Gasteiger partial charge on any atom is 0.240 e. The zero-order valence-corrected chi connectivity index (χ0v) is 16.2. The van der Waals surface area contributed by atoms with Gasteiger partial charge in [0.15, 0.2) is 11.5 Å². The van der Waals surface area contributed by atoms with Gasteiger partial charge in [-0.2, -0.15) is 0 Å². The molecule has 0 aliphatic carbocycles. The molecule has 0 radical (unpaired) electrons. The molecule has 0 saturated carbocycles. The van der Waals surface area contributed by atoms with Gasteiger partial charge >= 0.3 is 0 Å². The molecule has 1 aromatic carbocycles. The summed E-state index contributed by atoms with van der Waals surface area (Å²) in [6.45, 7) is 1.39. The second kappa shape index (κ2) is 7.36. The Morgan fingerprint density at radius 1 is 1.07 bits per heavy atom. The van der Waals surface area contributed by atoms with Crippen LogP contribution in [0.2, 0.25) is 0 Å². The molecule has 2 N–H and O–H groups in total. The van der Waals surface area contributed by atoms with Crippen molar-refractivity contribution in [2.75, 3.05) is 6.54 Å². The zero-order chi connectivity index (χ0) is 20.5. The maximum atomic E-state index is 12.8. The number of aromatic nitrogens is 1. The molecule has 0 fully saturated rings. The van der Waals surface area contributed by atoms with E-state index in [1.807, 2.05) is 0 Å². The first-order valence-electron chi connectivity index (χ1n) is 8.70. The van der Waals surface area contributed by atoms with Crippen molar-refractivity contribution in [1.82, 2.24) is 9.71 Å². The lowest BCUT2D eigenvalue weighted by Gasteiger charge is -2.25. The highest BCUT2D eigenvalue weighted by Gasteiger charge is 2.37. The van der Waals surface area contributed by atoms with Crippen LogP contribution in [0, 0.1) is 6.92 Å². The third kappa shape index (κ3) is 3.75. The van der Waals surface area contributed by atoms with E-state index >= 15 is 0 Å². The van der Waals surface area contributed by atoms with Crippen LogP contribution in [0.1, 0.15) is 17.2 Å². The van der Waals surface area contributed by atoms with E-state index in [9.17, 15) is 13.5 Å². The van der Waals surface area contributed by atoms with E-state index in [1.165, 1.54) is 37.2 Å². The van der Waals surface area contributed by atoms with Crippen molar-refractivity contribution in [2.45, 2.75) is 17.4 Å². The normalized spacial score (nSPS) is 14.0. The summed E-state index contributed by atoms with van der Waals surface area (Å²) in [6, 6.07) is 10.9. The minimum Gasteiger partial charge on any atom is -0.472 e. The van der Waals surface area contributed by atoms with Gasteiger partial charge in [-0.05, 0) is 30.3 Å². The molecule has 0 bridgehead atoms. The molecule has 0 aliphatic heterocycles. The predicted octanol–water partition coefficient (Wildman–Crippen LogP) is 3.05. The Balaban J connectivity index is 1.56. The highest BCUT2D eigenvalue weighted by molar-refractivity contribution is 7.89. The monoisotopic (exact) mass is 414 g/mol. The van der Waals surface area contributed by atoms with Crippen LogP contribution in [-0.4, -0.2) is 25.1 Å². The van der Waals surface area contributed by atoms with Crippen LogP contribution < -0.4 is 4.72 Å². The fraction of sp³-hybridized carbons (Fsp3) is 0.150. The first kappa shape index (κ1) is 19.2. The topological polar surface area (TPSA) is 119 Å². The summed E-state index contributed by atoms with van der Waals surface area (Å²) in [5.74, 6) is 0.716. The second-order valence-corrected chi connectivity index (χ2v) is 8.22. The van der Waals surface area contributed by atoms with Crippen LogP contribution in [0.15, 0.2) is 85.7 Å². The lowest BCUT2D eigenvalue weighted by Crippen LogP contribution is -2.41. The summed E-state index contributed by atoms with van der Waals surface area (Å²) < 4.78 is 43.5. The molecular weight excluding hydrogens is 396 g/mol. The van der Waals surface area contributed by atoms with Crippen LogP contribution >= 0.6 is 0 Å². The lowest BCUT2D eigenvalue weighted by atomic mass is 9.94. The number of hydrogen-bond donors (Lipinski definition) is 2. The lowest BCUT2D eigenvalue weighted by molar-refractivity contribution is 0.0613. The molecule has 4 aromatic rings. The number of furan rings is 2. The van der Waals surface area contributed by atoms with Gasteiger partial charge in [-0.3, -0.25) is 0 Å². The average molecular weight is 414 g/mol. The molecule has 1 atom stereocenters. The molecule has 0 spiro atoms. The van der Waals surface area contributed by atoms with Gasteiger partial charge in [0.05, 0.1) is 30.2 Å². The van der Waals surface area contributed by atoms with Gasteiger partial charge in [-0.1, -0.05) is 12.1 Å². The molecule has 3 aromatic heterocycles. The molecule has 3 heterocycles. The number of rotatable bonds is 7. The summed E-state index contributed by atoms with van der Waals surface area (Å²) >= 11 is 0. The van der Waals surface area contributed by atoms with E-state index in [2.05, 4.69) is 9.71 Å². The van der Waals surface area contributed by atoms with Crippen LogP contribution in [0.25, 0.3) is 11.3 Å². The minimum absolute atomic E-state index is 0.0513. The van der Waals surface area contributed by atoms with E-state index in [-0.39, 0.29) is 17.2 Å². The Hall–Kier alpha value is -3.14. The smallest absolute Gasteiger partial charge is 0.240 e. The molecule has 0 aliphatic rings. The third-order valence-electron chi connectivity index (χ3n) is 4.52. The summed E-state index contributed by atoms with van der Waals surface area (Å²) in [5.41, 5.74) is -0.00776. The van der Waals surface area contributed by atoms with E-state index in [4.69, 9.17) is 13.3 Å². The van der Waals surface area contributed by atoms with Crippen molar-refractivity contribution in [3.05, 3.63) is 84.7 Å². The number of nitrogens with one attached hydrogen (secondary N) is 1. The standard InChI is InChI=1S/C20H18N2O6S/c1-14-22-18(12-28-14)15-4-6-17(7-5-15)29(24,25)21-13-20(23,16-8-10-26-11-16)19-3-2-9-27-19/h2-12,21,23H,13H2,1H3/t20-/m1/s1. The van der Waals surface area contributed by atoms with Gasteiger partial charge in [-0.15, -0.1) is 0 Å². The Bertz CT molecular complexity index is 1140. The highest BCUT2D eigenvalue weighted by Crippen LogP contribution is 2.30. The molecule has 4 rings (SSSR count). The Morgan fingerprint density at radius 2 is 1.86 bits per heavy atom. The third-order valence-corrected chi connectivity index (χ3v) is 5.94. The quantitative estimate of drug-likeness (QED) is 0.477. The van der Waals surface area contributed by atoms with Gasteiger partial charge in [0.1, 0.15) is 17.7 Å². The van der Waals surface area contributed by atoms with Crippen LogP contribution in [0.4, 0.5) is 0 Å². The van der Waals surface area contributed by atoms with Crippen molar-refractivity contribution in [3.8, 4) is 11.3 Å². The summed E-state index contributed by atoms with van der Waals surface area (Å²) in [6.07, 6.45) is 5.64. The second-order valence-electron chi connectivity index (χ2n) is 6.45. The largest absolute Gasteiger partial charge is 0.472 e. The van der Waals surface area contributed by atoms with Gasteiger partial charge < -0.3 is 18.4 Å². The summed E-state index contributed by atoms with van der Waals surface area (Å²) in [5, 5.41) is 11.1. The molecule has 0 saturated heterocycles. The maximum absolute atomic E-state index is 12.8. The predicted molar refractivity (Wildman–Crippen MR) is 102 cm³/mol. The average Bonchev–Trinajstić information content (AvgIpc) is 3.49. The minimum atomic E-state index is -3.90. The van der Waals surface area contributed by atoms with Gasteiger partial charge in [-0.25, -0.2) is 18.1 Å². The highest BCUT2D eigenvalue weighted by atomic mass is 32.2. The fourth-order valence-corrected chi connectivity index (χ4v) is 3.99. The van der Waals surface area contributed by atoms with Gasteiger partial charge in [0.25, 0.3) is 0 Å². The van der Waals surface area contributed by atoms with Gasteiger partial charge in [0, 0.05) is 18.1 Å². The van der Waals surface area contributed by atoms with E-state index in [0.29, 0.717) is 17.1 Å². The molecular formula is C20H18N2O6S.